The summed E-state index contributed by atoms with van der Waals surface area (Å²) < 4.78 is 5.55. The quantitative estimate of drug-likeness (QED) is 0.471. The van der Waals surface area contributed by atoms with Crippen LogP contribution in [-0.2, 0) is 0 Å². The van der Waals surface area contributed by atoms with Gasteiger partial charge in [0.2, 0.25) is 0 Å². The third-order valence-corrected chi connectivity index (χ3v) is 3.10. The molecule has 5 nitrogen and oxygen atoms in total. The standard InChI is InChI=1S/C14H22ClNO4.ClH/c1-11-8-12(15)2-3-14(11)20-10-13(19)9-16(4-6-17)5-7-18;/h2-3,8,13,17-19H,4-7,9-10H2,1H3;1H/p-1. The largest absolute Gasteiger partial charge is 1.00 e. The van der Waals surface area contributed by atoms with E-state index in [1.54, 1.807) is 23.1 Å². The van der Waals surface area contributed by atoms with Gasteiger partial charge in [0, 0.05) is 24.7 Å². The van der Waals surface area contributed by atoms with Gasteiger partial charge < -0.3 is 32.5 Å². The summed E-state index contributed by atoms with van der Waals surface area (Å²) in [5, 5.41) is 28.4. The average molecular weight is 339 g/mol. The lowest BCUT2D eigenvalue weighted by atomic mass is 10.2. The lowest BCUT2D eigenvalue weighted by Gasteiger charge is -2.23. The molecule has 0 bridgehead atoms. The first kappa shape index (κ1) is 20.4. The van der Waals surface area contributed by atoms with Crippen molar-refractivity contribution < 1.29 is 32.5 Å². The number of nitrogens with zero attached hydrogens (tertiary/aromatic N) is 1. The Balaban J connectivity index is 0.00000400. The monoisotopic (exact) mass is 338 g/mol. The minimum absolute atomic E-state index is 0. The number of halogens is 2. The van der Waals surface area contributed by atoms with Gasteiger partial charge >= 0.3 is 0 Å². The predicted octanol–water partition coefficient (Wildman–Crippen LogP) is -2.32. The molecule has 1 aromatic rings. The van der Waals surface area contributed by atoms with E-state index < -0.39 is 6.10 Å². The fourth-order valence-electron chi connectivity index (χ4n) is 1.89. The molecule has 1 atom stereocenters. The number of rotatable bonds is 9. The van der Waals surface area contributed by atoms with E-state index in [-0.39, 0.29) is 32.2 Å². The predicted molar refractivity (Wildman–Crippen MR) is 78.3 cm³/mol. The van der Waals surface area contributed by atoms with Gasteiger partial charge in [-0.05, 0) is 30.7 Å². The molecule has 0 aromatic heterocycles. The van der Waals surface area contributed by atoms with Crippen LogP contribution in [0.25, 0.3) is 0 Å². The van der Waals surface area contributed by atoms with Crippen LogP contribution in [0.1, 0.15) is 5.56 Å². The number of aliphatic hydroxyl groups is 3. The lowest BCUT2D eigenvalue weighted by molar-refractivity contribution is -0.0000109. The minimum atomic E-state index is -0.692. The first-order chi connectivity index (χ1) is 9.56. The molecule has 0 saturated heterocycles. The van der Waals surface area contributed by atoms with E-state index in [1.807, 2.05) is 6.92 Å². The van der Waals surface area contributed by atoms with Crippen LogP contribution in [0.4, 0.5) is 0 Å². The van der Waals surface area contributed by atoms with Gasteiger partial charge in [-0.15, -0.1) is 0 Å². The van der Waals surface area contributed by atoms with E-state index in [1.165, 1.54) is 0 Å². The van der Waals surface area contributed by atoms with Gasteiger partial charge in [0.15, 0.2) is 0 Å². The Morgan fingerprint density at radius 3 is 2.38 bits per heavy atom. The number of aliphatic hydroxyl groups excluding tert-OH is 3. The van der Waals surface area contributed by atoms with E-state index in [0.29, 0.717) is 30.4 Å². The minimum Gasteiger partial charge on any atom is -1.00 e. The summed E-state index contributed by atoms with van der Waals surface area (Å²) in [4.78, 5) is 1.78. The number of hydrogen-bond donors (Lipinski definition) is 3. The van der Waals surface area contributed by atoms with Crippen molar-refractivity contribution in [1.82, 2.24) is 4.90 Å². The van der Waals surface area contributed by atoms with Crippen molar-refractivity contribution in [2.75, 3.05) is 39.5 Å². The van der Waals surface area contributed by atoms with Gasteiger partial charge in [-0.3, -0.25) is 4.90 Å². The Hall–Kier alpha value is -0.560. The molecule has 1 aromatic carbocycles. The average Bonchev–Trinajstić information content (AvgIpc) is 2.38. The van der Waals surface area contributed by atoms with Crippen molar-refractivity contribution in [3.05, 3.63) is 28.8 Å². The Morgan fingerprint density at radius 1 is 1.24 bits per heavy atom. The summed E-state index contributed by atoms with van der Waals surface area (Å²) in [5.74, 6) is 0.685. The van der Waals surface area contributed by atoms with Crippen molar-refractivity contribution in [3.8, 4) is 5.75 Å². The van der Waals surface area contributed by atoms with E-state index in [2.05, 4.69) is 0 Å². The number of ether oxygens (including phenoxy) is 1. The second kappa shape index (κ2) is 11.1. The summed E-state index contributed by atoms with van der Waals surface area (Å²) in [6.07, 6.45) is -0.692. The molecule has 7 heteroatoms. The fourth-order valence-corrected chi connectivity index (χ4v) is 2.12. The van der Waals surface area contributed by atoms with Crippen LogP contribution in [0.3, 0.4) is 0 Å². The molecule has 0 aliphatic heterocycles. The van der Waals surface area contributed by atoms with Crippen molar-refractivity contribution in [1.29, 1.82) is 0 Å². The molecule has 0 heterocycles. The molecule has 0 aliphatic carbocycles. The third kappa shape index (κ3) is 7.85. The molecule has 1 unspecified atom stereocenters. The molecular weight excluding hydrogens is 317 g/mol. The van der Waals surface area contributed by atoms with Gasteiger partial charge in [-0.25, -0.2) is 0 Å². The second-order valence-corrected chi connectivity index (χ2v) is 5.06. The molecule has 0 spiro atoms. The zero-order chi connectivity index (χ0) is 15.0. The second-order valence-electron chi connectivity index (χ2n) is 4.62. The van der Waals surface area contributed by atoms with Crippen LogP contribution in [0.2, 0.25) is 5.02 Å². The van der Waals surface area contributed by atoms with Crippen LogP contribution in [-0.4, -0.2) is 65.8 Å². The van der Waals surface area contributed by atoms with E-state index in [9.17, 15) is 5.11 Å². The van der Waals surface area contributed by atoms with Crippen LogP contribution in [0.5, 0.6) is 5.75 Å². The summed E-state index contributed by atoms with van der Waals surface area (Å²) in [6, 6.07) is 5.30. The molecule has 0 fully saturated rings. The molecule has 0 radical (unpaired) electrons. The molecule has 0 aliphatic rings. The highest BCUT2D eigenvalue weighted by Gasteiger charge is 2.12. The summed E-state index contributed by atoms with van der Waals surface area (Å²) in [7, 11) is 0. The van der Waals surface area contributed by atoms with Crippen LogP contribution in [0.15, 0.2) is 18.2 Å². The Morgan fingerprint density at radius 2 is 1.86 bits per heavy atom. The normalized spacial score (nSPS) is 12.1. The zero-order valence-electron chi connectivity index (χ0n) is 12.0. The van der Waals surface area contributed by atoms with Gasteiger partial charge in [-0.1, -0.05) is 11.6 Å². The molecule has 21 heavy (non-hydrogen) atoms. The molecule has 0 saturated carbocycles. The van der Waals surface area contributed by atoms with Gasteiger partial charge in [0.05, 0.1) is 13.2 Å². The third-order valence-electron chi connectivity index (χ3n) is 2.87. The van der Waals surface area contributed by atoms with Crippen LogP contribution >= 0.6 is 11.6 Å². The van der Waals surface area contributed by atoms with Crippen molar-refractivity contribution >= 4 is 11.6 Å². The maximum atomic E-state index is 9.92. The molecule has 0 amide bonds. The highest BCUT2D eigenvalue weighted by atomic mass is 35.5. The smallest absolute Gasteiger partial charge is 0.122 e. The van der Waals surface area contributed by atoms with Gasteiger partial charge in [0.25, 0.3) is 0 Å². The maximum Gasteiger partial charge on any atom is 0.122 e. The fraction of sp³-hybridized carbons (Fsp3) is 0.571. The maximum absolute atomic E-state index is 9.92. The molecular formula is C14H22Cl2NO4-. The summed E-state index contributed by atoms with van der Waals surface area (Å²) in [5.41, 5.74) is 0.910. The Kier molecular flexibility index (Phi) is 10.8. The van der Waals surface area contributed by atoms with E-state index in [4.69, 9.17) is 26.6 Å². The van der Waals surface area contributed by atoms with Crippen molar-refractivity contribution in [2.45, 2.75) is 13.0 Å². The number of hydrogen-bond acceptors (Lipinski definition) is 5. The highest BCUT2D eigenvalue weighted by Crippen LogP contribution is 2.21. The van der Waals surface area contributed by atoms with Crippen molar-refractivity contribution in [2.24, 2.45) is 0 Å². The zero-order valence-corrected chi connectivity index (χ0v) is 13.5. The number of aryl methyl sites for hydroxylation is 1. The SMILES string of the molecule is Cc1cc(Cl)ccc1OCC(O)CN(CCO)CCO.[Cl-]. The van der Waals surface area contributed by atoms with Gasteiger partial charge in [-0.2, -0.15) is 0 Å². The van der Waals surface area contributed by atoms with Crippen LogP contribution in [0, 0.1) is 6.92 Å². The number of benzene rings is 1. The summed E-state index contributed by atoms with van der Waals surface area (Å²) >= 11 is 5.86. The van der Waals surface area contributed by atoms with E-state index >= 15 is 0 Å². The topological polar surface area (TPSA) is 73.2 Å². The lowest BCUT2D eigenvalue weighted by Crippen LogP contribution is -3.00. The molecule has 1 rings (SSSR count). The first-order valence-corrected chi connectivity index (χ1v) is 6.95. The van der Waals surface area contributed by atoms with Gasteiger partial charge in [0.1, 0.15) is 18.5 Å². The molecule has 122 valence electrons. The van der Waals surface area contributed by atoms with Crippen LogP contribution < -0.4 is 17.1 Å². The van der Waals surface area contributed by atoms with E-state index in [0.717, 1.165) is 5.56 Å². The highest BCUT2D eigenvalue weighted by molar-refractivity contribution is 6.30. The first-order valence-electron chi connectivity index (χ1n) is 6.58. The van der Waals surface area contributed by atoms with Crippen molar-refractivity contribution in [3.63, 3.8) is 0 Å². The Bertz CT molecular complexity index is 401. The summed E-state index contributed by atoms with van der Waals surface area (Å²) in [6.45, 7) is 3.18. The Labute approximate surface area is 136 Å². The molecule has 3 N–H and O–H groups in total.